The number of aromatic nitrogens is 2. The Bertz CT molecular complexity index is 1310. The molecule has 0 aliphatic carbocycles. The lowest BCUT2D eigenvalue weighted by atomic mass is 10.1. The number of carbonyl (C=O) groups excluding carboxylic acids is 3. The minimum Gasteiger partial charge on any atom is -0.507 e. The lowest BCUT2D eigenvalue weighted by molar-refractivity contribution is 0.0663. The monoisotopic (exact) mass is 461 g/mol. The molecule has 2 N–H and O–H groups in total. The summed E-state index contributed by atoms with van der Waals surface area (Å²) in [6.07, 6.45) is 0.292. The third kappa shape index (κ3) is 3.81. The SMILES string of the molecule is CCC(=O)c1n[nH]c2cc(O)c(C(=O)N3Cc4ccc(C(=O)N5CCN(C)CC5)cc4C3)cc12. The fraction of sp³-hybridized carbons (Fsp3) is 0.360. The number of amides is 2. The summed E-state index contributed by atoms with van der Waals surface area (Å²) in [5.41, 5.74) is 3.43. The highest BCUT2D eigenvalue weighted by molar-refractivity contribution is 6.09. The first-order valence-corrected chi connectivity index (χ1v) is 11.5. The van der Waals surface area contributed by atoms with E-state index in [1.807, 2.05) is 30.1 Å². The number of Topliss-reactive ketones (excluding diaryl/α,β-unsaturated/α-hetero) is 1. The van der Waals surface area contributed by atoms with Crippen molar-refractivity contribution in [2.24, 2.45) is 0 Å². The quantitative estimate of drug-likeness (QED) is 0.578. The minimum absolute atomic E-state index is 0.0110. The standard InChI is InChI=1S/C25H27N5O4/c1-3-21(31)23-18-11-19(22(32)12-20(18)26-27-23)25(34)30-13-16-5-4-15(10-17(16)14-30)24(33)29-8-6-28(2)7-9-29/h4-5,10-12,32H,3,6-9,13-14H2,1-2H3,(H,26,27). The van der Waals surface area contributed by atoms with E-state index in [0.717, 1.165) is 24.2 Å². The molecule has 2 aliphatic rings. The Kier molecular flexibility index (Phi) is 5.57. The van der Waals surface area contributed by atoms with Crippen molar-refractivity contribution in [2.45, 2.75) is 26.4 Å². The van der Waals surface area contributed by atoms with E-state index in [9.17, 15) is 19.5 Å². The number of ketones is 1. The van der Waals surface area contributed by atoms with Crippen molar-refractivity contribution in [1.29, 1.82) is 0 Å². The van der Waals surface area contributed by atoms with Gasteiger partial charge in [-0.1, -0.05) is 13.0 Å². The Labute approximate surface area is 196 Å². The zero-order valence-corrected chi connectivity index (χ0v) is 19.3. The van der Waals surface area contributed by atoms with Crippen LogP contribution in [-0.2, 0) is 13.1 Å². The van der Waals surface area contributed by atoms with E-state index in [2.05, 4.69) is 15.1 Å². The van der Waals surface area contributed by atoms with Gasteiger partial charge in [-0.2, -0.15) is 5.10 Å². The highest BCUT2D eigenvalue weighted by atomic mass is 16.3. The molecule has 0 bridgehead atoms. The van der Waals surface area contributed by atoms with Gasteiger partial charge in [0.05, 0.1) is 11.1 Å². The van der Waals surface area contributed by atoms with E-state index in [4.69, 9.17) is 0 Å². The normalized spacial score (nSPS) is 16.2. The predicted molar refractivity (Wildman–Crippen MR) is 126 cm³/mol. The van der Waals surface area contributed by atoms with Crippen molar-refractivity contribution in [3.63, 3.8) is 0 Å². The van der Waals surface area contributed by atoms with Crippen LogP contribution >= 0.6 is 0 Å². The first-order chi connectivity index (χ1) is 16.4. The number of piperazine rings is 1. The highest BCUT2D eigenvalue weighted by Gasteiger charge is 2.29. The van der Waals surface area contributed by atoms with Crippen molar-refractivity contribution in [2.75, 3.05) is 33.2 Å². The van der Waals surface area contributed by atoms with Crippen molar-refractivity contribution < 1.29 is 19.5 Å². The molecule has 9 heteroatoms. The number of aromatic hydroxyl groups is 1. The molecule has 2 aliphatic heterocycles. The molecule has 1 aromatic heterocycles. The minimum atomic E-state index is -0.335. The van der Waals surface area contributed by atoms with Crippen molar-refractivity contribution >= 4 is 28.5 Å². The zero-order chi connectivity index (χ0) is 24.0. The van der Waals surface area contributed by atoms with Crippen LogP contribution in [0, 0.1) is 0 Å². The zero-order valence-electron chi connectivity index (χ0n) is 19.3. The fourth-order valence-corrected chi connectivity index (χ4v) is 4.64. The van der Waals surface area contributed by atoms with Gasteiger partial charge >= 0.3 is 0 Å². The van der Waals surface area contributed by atoms with Crippen LogP contribution < -0.4 is 0 Å². The Morgan fingerprint density at radius 3 is 2.44 bits per heavy atom. The summed E-state index contributed by atoms with van der Waals surface area (Å²) in [6.45, 7) is 5.61. The number of carbonyl (C=O) groups is 3. The largest absolute Gasteiger partial charge is 0.507 e. The molecular formula is C25H27N5O4. The van der Waals surface area contributed by atoms with E-state index in [-0.39, 0.29) is 34.6 Å². The lowest BCUT2D eigenvalue weighted by Gasteiger charge is -2.32. The number of rotatable bonds is 4. The molecule has 3 heterocycles. The molecule has 2 amide bonds. The van der Waals surface area contributed by atoms with E-state index in [1.54, 1.807) is 11.8 Å². The number of hydrogen-bond donors (Lipinski definition) is 2. The Balaban J connectivity index is 1.37. The summed E-state index contributed by atoms with van der Waals surface area (Å²) in [4.78, 5) is 44.2. The second-order valence-electron chi connectivity index (χ2n) is 9.00. The number of hydrogen-bond acceptors (Lipinski definition) is 6. The molecule has 1 saturated heterocycles. The molecule has 0 radical (unpaired) electrons. The van der Waals surface area contributed by atoms with Crippen LogP contribution in [0.3, 0.4) is 0 Å². The van der Waals surface area contributed by atoms with Gasteiger partial charge in [-0.25, -0.2) is 0 Å². The van der Waals surface area contributed by atoms with Gasteiger partial charge in [0.2, 0.25) is 0 Å². The highest BCUT2D eigenvalue weighted by Crippen LogP contribution is 2.31. The number of aromatic amines is 1. The number of likely N-dealkylation sites (N-methyl/N-ethyl adjacent to an activating group) is 1. The van der Waals surface area contributed by atoms with Gasteiger partial charge in [0.25, 0.3) is 11.8 Å². The first kappa shape index (κ1) is 22.1. The number of nitrogens with one attached hydrogen (secondary N) is 1. The summed E-state index contributed by atoms with van der Waals surface area (Å²) in [5, 5.41) is 17.8. The van der Waals surface area contributed by atoms with Crippen LogP contribution in [0.4, 0.5) is 0 Å². The van der Waals surface area contributed by atoms with Crippen LogP contribution in [0.25, 0.3) is 10.9 Å². The van der Waals surface area contributed by atoms with E-state index in [0.29, 0.717) is 49.1 Å². The third-order valence-corrected chi connectivity index (χ3v) is 6.75. The molecule has 0 spiro atoms. The average molecular weight is 462 g/mol. The van der Waals surface area contributed by atoms with Crippen molar-refractivity contribution in [1.82, 2.24) is 24.9 Å². The topological polar surface area (TPSA) is 110 Å². The summed E-state index contributed by atoms with van der Waals surface area (Å²) in [7, 11) is 2.05. The van der Waals surface area contributed by atoms with Gasteiger partial charge in [-0.3, -0.25) is 19.5 Å². The van der Waals surface area contributed by atoms with Crippen LogP contribution in [0.5, 0.6) is 5.75 Å². The second-order valence-corrected chi connectivity index (χ2v) is 9.00. The van der Waals surface area contributed by atoms with E-state index in [1.165, 1.54) is 12.1 Å². The number of H-pyrrole nitrogens is 1. The Morgan fingerprint density at radius 1 is 0.971 bits per heavy atom. The van der Waals surface area contributed by atoms with E-state index >= 15 is 0 Å². The van der Waals surface area contributed by atoms with Gasteiger partial charge in [-0.05, 0) is 36.4 Å². The molecule has 176 valence electrons. The summed E-state index contributed by atoms with van der Waals surface area (Å²) in [5.74, 6) is -0.629. The Hall–Kier alpha value is -3.72. The number of fused-ring (bicyclic) bond motifs is 2. The van der Waals surface area contributed by atoms with Crippen molar-refractivity contribution in [3.8, 4) is 5.75 Å². The van der Waals surface area contributed by atoms with Gasteiger partial charge in [0.1, 0.15) is 11.4 Å². The van der Waals surface area contributed by atoms with Gasteiger partial charge in [-0.15, -0.1) is 0 Å². The number of phenolic OH excluding ortho intramolecular Hbond substituents is 1. The number of benzene rings is 2. The first-order valence-electron chi connectivity index (χ1n) is 11.5. The maximum absolute atomic E-state index is 13.3. The second kappa shape index (κ2) is 8.57. The fourth-order valence-electron chi connectivity index (χ4n) is 4.64. The molecule has 0 saturated carbocycles. The molecule has 9 nitrogen and oxygen atoms in total. The summed E-state index contributed by atoms with van der Waals surface area (Å²) >= 11 is 0. The molecule has 2 aromatic carbocycles. The van der Waals surface area contributed by atoms with E-state index < -0.39 is 0 Å². The molecule has 5 rings (SSSR count). The lowest BCUT2D eigenvalue weighted by Crippen LogP contribution is -2.47. The molecule has 3 aromatic rings. The Morgan fingerprint density at radius 2 is 1.71 bits per heavy atom. The number of phenols is 1. The van der Waals surface area contributed by atoms with Crippen LogP contribution in [0.1, 0.15) is 55.7 Å². The summed E-state index contributed by atoms with van der Waals surface area (Å²) < 4.78 is 0. The average Bonchev–Trinajstić information content (AvgIpc) is 3.46. The third-order valence-electron chi connectivity index (χ3n) is 6.75. The smallest absolute Gasteiger partial charge is 0.258 e. The molecule has 1 fully saturated rings. The van der Waals surface area contributed by atoms with Gasteiger partial charge in [0, 0.05) is 62.7 Å². The van der Waals surface area contributed by atoms with Crippen molar-refractivity contribution in [3.05, 3.63) is 58.3 Å². The maximum Gasteiger partial charge on any atom is 0.258 e. The van der Waals surface area contributed by atoms with Gasteiger partial charge < -0.3 is 19.8 Å². The maximum atomic E-state index is 13.3. The van der Waals surface area contributed by atoms with Crippen LogP contribution in [-0.4, -0.2) is 80.8 Å². The molecular weight excluding hydrogens is 434 g/mol. The number of nitrogens with zero attached hydrogens (tertiary/aromatic N) is 4. The van der Waals surface area contributed by atoms with Crippen LogP contribution in [0.15, 0.2) is 30.3 Å². The predicted octanol–water partition coefficient (Wildman–Crippen LogP) is 2.40. The molecule has 0 atom stereocenters. The summed E-state index contributed by atoms with van der Waals surface area (Å²) in [6, 6.07) is 8.57. The molecule has 34 heavy (non-hydrogen) atoms. The van der Waals surface area contributed by atoms with Gasteiger partial charge in [0.15, 0.2) is 5.78 Å². The molecule has 0 unspecified atom stereocenters. The van der Waals surface area contributed by atoms with Crippen LogP contribution in [0.2, 0.25) is 0 Å².